The Morgan fingerprint density at radius 1 is 1.15 bits per heavy atom. The smallest absolute Gasteiger partial charge is 0.407 e. The second-order valence-corrected chi connectivity index (χ2v) is 7.22. The minimum absolute atomic E-state index is 0.0320. The normalized spacial score (nSPS) is 13.0. The Balaban J connectivity index is 2.40. The molecule has 7 heteroatoms. The number of aliphatic hydroxyl groups is 1. The lowest BCUT2D eigenvalue weighted by molar-refractivity contribution is 0.0527. The van der Waals surface area contributed by atoms with Crippen molar-refractivity contribution in [2.24, 2.45) is 4.99 Å². The Hall–Kier alpha value is -2.28. The summed E-state index contributed by atoms with van der Waals surface area (Å²) in [6, 6.07) is 9.88. The number of rotatable bonds is 9. The Morgan fingerprint density at radius 2 is 1.81 bits per heavy atom. The first-order valence-electron chi connectivity index (χ1n) is 9.50. The van der Waals surface area contributed by atoms with Gasteiger partial charge in [-0.1, -0.05) is 30.3 Å². The molecule has 0 saturated heterocycles. The molecule has 1 rings (SSSR count). The van der Waals surface area contributed by atoms with Crippen molar-refractivity contribution in [2.75, 3.05) is 32.8 Å². The summed E-state index contributed by atoms with van der Waals surface area (Å²) in [5.41, 5.74) is 0.580. The zero-order chi connectivity index (χ0) is 20.1. The van der Waals surface area contributed by atoms with Crippen LogP contribution in [-0.4, -0.2) is 55.5 Å². The van der Waals surface area contributed by atoms with Crippen molar-refractivity contribution < 1.29 is 14.6 Å². The van der Waals surface area contributed by atoms with Gasteiger partial charge in [-0.2, -0.15) is 0 Å². The maximum atomic E-state index is 11.6. The molecule has 0 saturated carbocycles. The number of nitrogens with zero attached hydrogens (tertiary/aromatic N) is 1. The van der Waals surface area contributed by atoms with E-state index >= 15 is 0 Å². The van der Waals surface area contributed by atoms with Crippen LogP contribution in [0.2, 0.25) is 0 Å². The largest absolute Gasteiger partial charge is 0.444 e. The second kappa shape index (κ2) is 12.2. The molecule has 0 aromatic heterocycles. The SMILES string of the molecule is CCNC(=NCC(CO)c1ccccc1)NCCCNC(=O)OC(C)(C)C. The molecule has 0 aliphatic carbocycles. The van der Waals surface area contributed by atoms with E-state index in [1.807, 2.05) is 58.0 Å². The number of aliphatic imine (C=N–C) groups is 1. The molecule has 1 atom stereocenters. The van der Waals surface area contributed by atoms with E-state index in [0.717, 1.165) is 18.5 Å². The maximum absolute atomic E-state index is 11.6. The predicted molar refractivity (Wildman–Crippen MR) is 109 cm³/mol. The number of ether oxygens (including phenoxy) is 1. The highest BCUT2D eigenvalue weighted by Gasteiger charge is 2.15. The van der Waals surface area contributed by atoms with Gasteiger partial charge in [-0.25, -0.2) is 4.79 Å². The lowest BCUT2D eigenvalue weighted by atomic mass is 10.0. The van der Waals surface area contributed by atoms with Crippen molar-refractivity contribution >= 4 is 12.1 Å². The van der Waals surface area contributed by atoms with E-state index in [9.17, 15) is 9.90 Å². The van der Waals surface area contributed by atoms with Gasteiger partial charge in [0, 0.05) is 25.6 Å². The van der Waals surface area contributed by atoms with E-state index < -0.39 is 11.7 Å². The molecular weight excluding hydrogens is 344 g/mol. The monoisotopic (exact) mass is 378 g/mol. The summed E-state index contributed by atoms with van der Waals surface area (Å²) in [6.07, 6.45) is 0.336. The van der Waals surface area contributed by atoms with Gasteiger partial charge in [0.15, 0.2) is 5.96 Å². The van der Waals surface area contributed by atoms with Crippen LogP contribution in [0.5, 0.6) is 0 Å². The molecule has 0 fully saturated rings. The van der Waals surface area contributed by atoms with Crippen LogP contribution < -0.4 is 16.0 Å². The van der Waals surface area contributed by atoms with Crippen molar-refractivity contribution in [2.45, 2.75) is 45.6 Å². The van der Waals surface area contributed by atoms with Crippen molar-refractivity contribution in [3.05, 3.63) is 35.9 Å². The summed E-state index contributed by atoms with van der Waals surface area (Å²) in [5, 5.41) is 18.8. The molecule has 0 aliphatic heterocycles. The molecule has 4 N–H and O–H groups in total. The average molecular weight is 379 g/mol. The highest BCUT2D eigenvalue weighted by Crippen LogP contribution is 2.14. The van der Waals surface area contributed by atoms with Crippen LogP contribution in [0.4, 0.5) is 4.79 Å². The van der Waals surface area contributed by atoms with Crippen LogP contribution >= 0.6 is 0 Å². The van der Waals surface area contributed by atoms with Crippen LogP contribution in [0.3, 0.4) is 0 Å². The zero-order valence-corrected chi connectivity index (χ0v) is 16.9. The number of benzene rings is 1. The first kappa shape index (κ1) is 22.8. The third kappa shape index (κ3) is 10.5. The maximum Gasteiger partial charge on any atom is 0.407 e. The molecule has 0 spiro atoms. The van der Waals surface area contributed by atoms with Gasteiger partial charge in [0.25, 0.3) is 0 Å². The van der Waals surface area contributed by atoms with Crippen molar-refractivity contribution in [1.82, 2.24) is 16.0 Å². The number of guanidine groups is 1. The zero-order valence-electron chi connectivity index (χ0n) is 16.9. The molecule has 1 unspecified atom stereocenters. The minimum Gasteiger partial charge on any atom is -0.444 e. The number of hydrogen-bond acceptors (Lipinski definition) is 4. The number of carbonyl (C=O) groups excluding carboxylic acids is 1. The Labute approximate surface area is 162 Å². The highest BCUT2D eigenvalue weighted by atomic mass is 16.6. The fraction of sp³-hybridized carbons (Fsp3) is 0.600. The number of nitrogens with one attached hydrogen (secondary N) is 3. The molecule has 0 radical (unpaired) electrons. The molecule has 0 aliphatic rings. The first-order valence-corrected chi connectivity index (χ1v) is 9.50. The molecule has 27 heavy (non-hydrogen) atoms. The molecule has 7 nitrogen and oxygen atoms in total. The van der Waals surface area contributed by atoms with E-state index in [-0.39, 0.29) is 12.5 Å². The Kier molecular flexibility index (Phi) is 10.3. The Morgan fingerprint density at radius 3 is 2.41 bits per heavy atom. The summed E-state index contributed by atoms with van der Waals surface area (Å²) in [6.45, 7) is 9.98. The van der Waals surface area contributed by atoms with Gasteiger partial charge in [0.1, 0.15) is 5.60 Å². The number of amides is 1. The van der Waals surface area contributed by atoms with Crippen LogP contribution in [-0.2, 0) is 4.74 Å². The number of alkyl carbamates (subject to hydrolysis) is 1. The minimum atomic E-state index is -0.491. The third-order valence-corrected chi connectivity index (χ3v) is 3.62. The predicted octanol–water partition coefficient (Wildman–Crippen LogP) is 2.23. The lowest BCUT2D eigenvalue weighted by Gasteiger charge is -2.19. The topological polar surface area (TPSA) is 95.0 Å². The summed E-state index contributed by atoms with van der Waals surface area (Å²) in [4.78, 5) is 16.2. The fourth-order valence-corrected chi connectivity index (χ4v) is 2.34. The van der Waals surface area contributed by atoms with E-state index in [2.05, 4.69) is 20.9 Å². The van der Waals surface area contributed by atoms with Crippen LogP contribution in [0, 0.1) is 0 Å². The van der Waals surface area contributed by atoms with E-state index in [1.165, 1.54) is 0 Å². The van der Waals surface area contributed by atoms with Gasteiger partial charge in [0.2, 0.25) is 0 Å². The van der Waals surface area contributed by atoms with Gasteiger partial charge >= 0.3 is 6.09 Å². The van der Waals surface area contributed by atoms with Gasteiger partial charge in [-0.15, -0.1) is 0 Å². The number of carbonyl (C=O) groups is 1. The summed E-state index contributed by atoms with van der Waals surface area (Å²) >= 11 is 0. The van der Waals surface area contributed by atoms with Gasteiger partial charge < -0.3 is 25.8 Å². The van der Waals surface area contributed by atoms with Gasteiger partial charge in [0.05, 0.1) is 13.2 Å². The highest BCUT2D eigenvalue weighted by molar-refractivity contribution is 5.79. The summed E-state index contributed by atoms with van der Waals surface area (Å²) < 4.78 is 5.19. The van der Waals surface area contributed by atoms with E-state index in [4.69, 9.17) is 4.74 Å². The molecule has 1 aromatic rings. The number of aliphatic hydroxyl groups excluding tert-OH is 1. The second-order valence-electron chi connectivity index (χ2n) is 7.22. The first-order chi connectivity index (χ1) is 12.9. The standard InChI is InChI=1S/C20H34N4O3/c1-5-21-18(22-12-9-13-23-19(26)27-20(2,3)4)24-14-17(15-25)16-10-7-6-8-11-16/h6-8,10-11,17,25H,5,9,12-15H2,1-4H3,(H,23,26)(H2,21,22,24). The molecule has 1 amide bonds. The van der Waals surface area contributed by atoms with Crippen molar-refractivity contribution in [1.29, 1.82) is 0 Å². The van der Waals surface area contributed by atoms with Gasteiger partial charge in [-0.05, 0) is 39.7 Å². The van der Waals surface area contributed by atoms with E-state index in [1.54, 1.807) is 0 Å². The van der Waals surface area contributed by atoms with Crippen LogP contribution in [0.1, 0.15) is 45.6 Å². The lowest BCUT2D eigenvalue weighted by Crippen LogP contribution is -2.39. The quantitative estimate of drug-likeness (QED) is 0.300. The van der Waals surface area contributed by atoms with Crippen LogP contribution in [0.25, 0.3) is 0 Å². The van der Waals surface area contributed by atoms with Crippen molar-refractivity contribution in [3.63, 3.8) is 0 Å². The third-order valence-electron chi connectivity index (χ3n) is 3.62. The van der Waals surface area contributed by atoms with Gasteiger partial charge in [-0.3, -0.25) is 4.99 Å². The molecule has 0 heterocycles. The summed E-state index contributed by atoms with van der Waals surface area (Å²) in [7, 11) is 0. The average Bonchev–Trinajstić information content (AvgIpc) is 2.61. The van der Waals surface area contributed by atoms with Crippen LogP contribution in [0.15, 0.2) is 35.3 Å². The summed E-state index contributed by atoms with van der Waals surface area (Å²) in [5.74, 6) is 0.666. The molecule has 0 bridgehead atoms. The Bertz CT molecular complexity index is 570. The number of hydrogen-bond donors (Lipinski definition) is 4. The molecule has 1 aromatic carbocycles. The fourth-order valence-electron chi connectivity index (χ4n) is 2.34. The van der Waals surface area contributed by atoms with Crippen molar-refractivity contribution in [3.8, 4) is 0 Å². The molecule has 152 valence electrons. The molecular formula is C20H34N4O3. The van der Waals surface area contributed by atoms with E-state index in [0.29, 0.717) is 25.6 Å².